The molecule has 1 aliphatic rings. The van der Waals surface area contributed by atoms with E-state index < -0.39 is 10.0 Å². The summed E-state index contributed by atoms with van der Waals surface area (Å²) in [6.45, 7) is 2.88. The highest BCUT2D eigenvalue weighted by Crippen LogP contribution is 2.21. The molecule has 0 spiro atoms. The summed E-state index contributed by atoms with van der Waals surface area (Å²) in [5.74, 6) is 0.785. The molecule has 1 aromatic heterocycles. The van der Waals surface area contributed by atoms with Crippen LogP contribution in [0, 0.1) is 0 Å². The van der Waals surface area contributed by atoms with Crippen molar-refractivity contribution in [3.8, 4) is 11.3 Å². The summed E-state index contributed by atoms with van der Waals surface area (Å²) in [5.41, 5.74) is 1.84. The molecule has 0 amide bonds. The molecule has 0 radical (unpaired) electrons. The van der Waals surface area contributed by atoms with E-state index >= 15 is 0 Å². The lowest BCUT2D eigenvalue weighted by Gasteiger charge is -2.33. The first-order chi connectivity index (χ1) is 13.1. The molecular weight excluding hydrogens is 362 g/mol. The van der Waals surface area contributed by atoms with Gasteiger partial charge in [0, 0.05) is 37.8 Å². The average Bonchev–Trinajstić information content (AvgIpc) is 3.18. The third-order valence-corrected chi connectivity index (χ3v) is 6.63. The first-order valence-electron chi connectivity index (χ1n) is 8.91. The fraction of sp³-hybridized carbons (Fsp3) is 0.250. The molecule has 0 atom stereocenters. The molecule has 3 aromatic rings. The molecule has 2 heterocycles. The van der Waals surface area contributed by atoms with Gasteiger partial charge >= 0.3 is 0 Å². The highest BCUT2D eigenvalue weighted by Gasteiger charge is 2.28. The van der Waals surface area contributed by atoms with Crippen molar-refractivity contribution >= 4 is 10.0 Å². The second kappa shape index (κ2) is 7.64. The van der Waals surface area contributed by atoms with Crippen LogP contribution in [0.2, 0.25) is 0 Å². The monoisotopic (exact) mass is 383 g/mol. The summed E-state index contributed by atoms with van der Waals surface area (Å²) in [4.78, 5) is 2.54. The van der Waals surface area contributed by atoms with E-state index in [1.54, 1.807) is 28.6 Å². The molecule has 0 unspecified atom stereocenters. The number of sulfonamides is 1. The van der Waals surface area contributed by atoms with Crippen LogP contribution in [0.1, 0.15) is 5.76 Å². The first kappa shape index (κ1) is 17.9. The van der Waals surface area contributed by atoms with Gasteiger partial charge in [-0.15, -0.1) is 0 Å². The zero-order valence-electron chi connectivity index (χ0n) is 14.9. The van der Waals surface area contributed by atoms with Crippen molar-refractivity contribution < 1.29 is 12.9 Å². The predicted octanol–water partition coefficient (Wildman–Crippen LogP) is 2.85. The molecule has 0 saturated carbocycles. The molecule has 7 heteroatoms. The molecule has 0 aliphatic carbocycles. The zero-order chi connectivity index (χ0) is 18.7. The maximum Gasteiger partial charge on any atom is 0.243 e. The third-order valence-electron chi connectivity index (χ3n) is 4.72. The van der Waals surface area contributed by atoms with Crippen LogP contribution in [0.25, 0.3) is 11.3 Å². The standard InChI is InChI=1S/C20H21N3O3S/c24-27(25,19-9-5-2-6-10-19)23-13-11-22(12-14-23)16-18-15-20(21-26-18)17-7-3-1-4-8-17/h1-10,15H,11-14,16H2. The van der Waals surface area contributed by atoms with E-state index in [0.29, 0.717) is 37.6 Å². The van der Waals surface area contributed by atoms with Gasteiger partial charge in [0.25, 0.3) is 0 Å². The summed E-state index contributed by atoms with van der Waals surface area (Å²) in [5, 5.41) is 4.14. The molecular formula is C20H21N3O3S. The number of nitrogens with zero attached hydrogens (tertiary/aromatic N) is 3. The fourth-order valence-electron chi connectivity index (χ4n) is 3.22. The second-order valence-corrected chi connectivity index (χ2v) is 8.48. The van der Waals surface area contributed by atoms with Gasteiger partial charge in [0.2, 0.25) is 10.0 Å². The SMILES string of the molecule is O=S(=O)(c1ccccc1)N1CCN(Cc2cc(-c3ccccc3)no2)CC1. The number of hydrogen-bond acceptors (Lipinski definition) is 5. The van der Waals surface area contributed by atoms with Gasteiger partial charge in [-0.1, -0.05) is 53.7 Å². The summed E-state index contributed by atoms with van der Waals surface area (Å²) < 4.78 is 32.4. The Hall–Kier alpha value is -2.48. The summed E-state index contributed by atoms with van der Waals surface area (Å²) in [6, 6.07) is 20.4. The minimum atomic E-state index is -3.42. The van der Waals surface area contributed by atoms with Crippen molar-refractivity contribution in [3.05, 3.63) is 72.5 Å². The van der Waals surface area contributed by atoms with Crippen molar-refractivity contribution in [2.24, 2.45) is 0 Å². The minimum Gasteiger partial charge on any atom is -0.359 e. The molecule has 6 nitrogen and oxygen atoms in total. The smallest absolute Gasteiger partial charge is 0.243 e. The van der Waals surface area contributed by atoms with E-state index in [0.717, 1.165) is 17.0 Å². The van der Waals surface area contributed by atoms with Gasteiger partial charge in [0.05, 0.1) is 11.4 Å². The molecule has 0 bridgehead atoms. The van der Waals surface area contributed by atoms with Gasteiger partial charge in [-0.2, -0.15) is 4.31 Å². The van der Waals surface area contributed by atoms with Gasteiger partial charge in [-0.05, 0) is 12.1 Å². The molecule has 1 aliphatic heterocycles. The molecule has 1 saturated heterocycles. The Kier molecular flexibility index (Phi) is 5.07. The molecule has 140 valence electrons. The lowest BCUT2D eigenvalue weighted by atomic mass is 10.1. The van der Waals surface area contributed by atoms with Crippen molar-refractivity contribution in [2.45, 2.75) is 11.4 Å². The van der Waals surface area contributed by atoms with Crippen molar-refractivity contribution in [1.29, 1.82) is 0 Å². The topological polar surface area (TPSA) is 66.7 Å². The highest BCUT2D eigenvalue weighted by atomic mass is 32.2. The predicted molar refractivity (Wildman–Crippen MR) is 102 cm³/mol. The lowest BCUT2D eigenvalue weighted by molar-refractivity contribution is 0.166. The normalized spacial score (nSPS) is 16.4. The molecule has 0 N–H and O–H groups in total. The van der Waals surface area contributed by atoms with Gasteiger partial charge in [-0.3, -0.25) is 4.90 Å². The Balaban J connectivity index is 1.37. The van der Waals surface area contributed by atoms with E-state index in [1.165, 1.54) is 0 Å². The van der Waals surface area contributed by atoms with E-state index in [1.807, 2.05) is 42.5 Å². The number of aromatic nitrogens is 1. The van der Waals surface area contributed by atoms with E-state index in [9.17, 15) is 8.42 Å². The van der Waals surface area contributed by atoms with Crippen molar-refractivity contribution in [1.82, 2.24) is 14.4 Å². The summed E-state index contributed by atoms with van der Waals surface area (Å²) >= 11 is 0. The Morgan fingerprint density at radius 3 is 2.19 bits per heavy atom. The third kappa shape index (κ3) is 3.95. The molecule has 2 aromatic carbocycles. The maximum atomic E-state index is 12.7. The van der Waals surface area contributed by atoms with Crippen LogP contribution < -0.4 is 0 Å². The van der Waals surface area contributed by atoms with Crippen LogP contribution in [0.4, 0.5) is 0 Å². The first-order valence-corrected chi connectivity index (χ1v) is 10.4. The Morgan fingerprint density at radius 2 is 1.52 bits per heavy atom. The van der Waals surface area contributed by atoms with Crippen LogP contribution in [0.15, 0.2) is 76.1 Å². The number of benzene rings is 2. The van der Waals surface area contributed by atoms with Crippen LogP contribution in [-0.4, -0.2) is 49.0 Å². The van der Waals surface area contributed by atoms with Crippen LogP contribution in [-0.2, 0) is 16.6 Å². The number of piperazine rings is 1. The van der Waals surface area contributed by atoms with Crippen molar-refractivity contribution in [2.75, 3.05) is 26.2 Å². The van der Waals surface area contributed by atoms with Gasteiger partial charge < -0.3 is 4.52 Å². The highest BCUT2D eigenvalue weighted by molar-refractivity contribution is 7.89. The van der Waals surface area contributed by atoms with Gasteiger partial charge in [0.1, 0.15) is 5.69 Å². The summed E-state index contributed by atoms with van der Waals surface area (Å²) in [7, 11) is -3.42. The second-order valence-electron chi connectivity index (χ2n) is 6.54. The lowest BCUT2D eigenvalue weighted by Crippen LogP contribution is -2.48. The van der Waals surface area contributed by atoms with Crippen LogP contribution >= 0.6 is 0 Å². The van der Waals surface area contributed by atoms with Crippen LogP contribution in [0.5, 0.6) is 0 Å². The maximum absolute atomic E-state index is 12.7. The van der Waals surface area contributed by atoms with E-state index in [2.05, 4.69) is 10.1 Å². The summed E-state index contributed by atoms with van der Waals surface area (Å²) in [6.07, 6.45) is 0. The van der Waals surface area contributed by atoms with E-state index in [-0.39, 0.29) is 0 Å². The Bertz CT molecular complexity index is 980. The van der Waals surface area contributed by atoms with Gasteiger partial charge in [0.15, 0.2) is 5.76 Å². The van der Waals surface area contributed by atoms with Crippen LogP contribution in [0.3, 0.4) is 0 Å². The molecule has 1 fully saturated rings. The Labute approximate surface area is 159 Å². The Morgan fingerprint density at radius 1 is 0.889 bits per heavy atom. The molecule has 4 rings (SSSR count). The fourth-order valence-corrected chi connectivity index (χ4v) is 4.67. The van der Waals surface area contributed by atoms with Crippen molar-refractivity contribution in [3.63, 3.8) is 0 Å². The van der Waals surface area contributed by atoms with E-state index in [4.69, 9.17) is 4.52 Å². The minimum absolute atomic E-state index is 0.348. The molecule has 27 heavy (non-hydrogen) atoms. The number of rotatable bonds is 5. The average molecular weight is 383 g/mol. The number of hydrogen-bond donors (Lipinski definition) is 0. The quantitative estimate of drug-likeness (QED) is 0.678. The van der Waals surface area contributed by atoms with Gasteiger partial charge in [-0.25, -0.2) is 8.42 Å². The largest absolute Gasteiger partial charge is 0.359 e. The zero-order valence-corrected chi connectivity index (χ0v) is 15.7.